The molecule has 0 spiro atoms. The highest BCUT2D eigenvalue weighted by molar-refractivity contribution is 5.25. The SMILES string of the molecule is CC(N)Cc1nccn1Cc1ccnc(C#N)c1. The Kier molecular flexibility index (Phi) is 3.70. The van der Waals surface area contributed by atoms with Crippen LogP contribution >= 0.6 is 0 Å². The van der Waals surface area contributed by atoms with Gasteiger partial charge in [-0.25, -0.2) is 9.97 Å². The summed E-state index contributed by atoms with van der Waals surface area (Å²) in [5, 5.41) is 8.81. The van der Waals surface area contributed by atoms with Gasteiger partial charge in [-0.15, -0.1) is 0 Å². The number of pyridine rings is 1. The third-order valence-corrected chi connectivity index (χ3v) is 2.60. The molecule has 0 saturated heterocycles. The zero-order valence-electron chi connectivity index (χ0n) is 10.2. The summed E-state index contributed by atoms with van der Waals surface area (Å²) in [4.78, 5) is 8.25. The van der Waals surface area contributed by atoms with Gasteiger partial charge in [0.05, 0.1) is 0 Å². The van der Waals surface area contributed by atoms with Crippen LogP contribution in [0.15, 0.2) is 30.7 Å². The third kappa shape index (κ3) is 2.93. The summed E-state index contributed by atoms with van der Waals surface area (Å²) in [7, 11) is 0. The highest BCUT2D eigenvalue weighted by Crippen LogP contribution is 2.07. The number of nitriles is 1. The van der Waals surface area contributed by atoms with E-state index in [-0.39, 0.29) is 6.04 Å². The lowest BCUT2D eigenvalue weighted by atomic mass is 10.2. The molecule has 18 heavy (non-hydrogen) atoms. The lowest BCUT2D eigenvalue weighted by molar-refractivity contribution is 0.648. The van der Waals surface area contributed by atoms with Crippen LogP contribution in [-0.4, -0.2) is 20.6 Å². The molecule has 0 saturated carbocycles. The van der Waals surface area contributed by atoms with Crippen LogP contribution in [0.3, 0.4) is 0 Å². The molecule has 0 amide bonds. The minimum atomic E-state index is 0.0817. The number of aromatic nitrogens is 3. The van der Waals surface area contributed by atoms with Crippen LogP contribution in [0.4, 0.5) is 0 Å². The van der Waals surface area contributed by atoms with Crippen molar-refractivity contribution in [2.75, 3.05) is 0 Å². The van der Waals surface area contributed by atoms with E-state index in [9.17, 15) is 0 Å². The number of hydrogen-bond acceptors (Lipinski definition) is 4. The molecule has 0 aliphatic heterocycles. The fraction of sp³-hybridized carbons (Fsp3) is 0.308. The van der Waals surface area contributed by atoms with Gasteiger partial charge in [0, 0.05) is 37.6 Å². The van der Waals surface area contributed by atoms with Gasteiger partial charge in [-0.3, -0.25) is 0 Å². The average molecular weight is 241 g/mol. The Morgan fingerprint density at radius 1 is 1.44 bits per heavy atom. The second-order valence-corrected chi connectivity index (χ2v) is 4.31. The first-order valence-electron chi connectivity index (χ1n) is 5.79. The Morgan fingerprint density at radius 3 is 3.00 bits per heavy atom. The number of nitrogens with two attached hydrogens (primary N) is 1. The Hall–Kier alpha value is -2.19. The van der Waals surface area contributed by atoms with E-state index in [1.807, 2.05) is 29.8 Å². The number of hydrogen-bond donors (Lipinski definition) is 1. The van der Waals surface area contributed by atoms with Gasteiger partial charge in [-0.05, 0) is 24.6 Å². The molecule has 0 bridgehead atoms. The van der Waals surface area contributed by atoms with Gasteiger partial charge in [-0.2, -0.15) is 5.26 Å². The van der Waals surface area contributed by atoms with Crippen LogP contribution in [0.1, 0.15) is 24.0 Å². The average Bonchev–Trinajstić information content (AvgIpc) is 2.76. The molecular formula is C13H15N5. The molecule has 5 heteroatoms. The van der Waals surface area contributed by atoms with Gasteiger partial charge >= 0.3 is 0 Å². The largest absolute Gasteiger partial charge is 0.330 e. The van der Waals surface area contributed by atoms with E-state index in [0.29, 0.717) is 12.2 Å². The van der Waals surface area contributed by atoms with Crippen molar-refractivity contribution in [2.24, 2.45) is 5.73 Å². The summed E-state index contributed by atoms with van der Waals surface area (Å²) in [6.45, 7) is 2.64. The fourth-order valence-corrected chi connectivity index (χ4v) is 1.79. The van der Waals surface area contributed by atoms with Crippen molar-refractivity contribution in [2.45, 2.75) is 25.9 Å². The lowest BCUT2D eigenvalue weighted by Gasteiger charge is -2.09. The first kappa shape index (κ1) is 12.3. The van der Waals surface area contributed by atoms with Crippen LogP contribution in [0.5, 0.6) is 0 Å². The Labute approximate surface area is 106 Å². The molecule has 5 nitrogen and oxygen atoms in total. The van der Waals surface area contributed by atoms with E-state index in [1.54, 1.807) is 18.5 Å². The van der Waals surface area contributed by atoms with Gasteiger partial charge in [0.25, 0.3) is 0 Å². The van der Waals surface area contributed by atoms with Crippen LogP contribution in [0, 0.1) is 11.3 Å². The molecule has 0 aromatic carbocycles. The molecule has 0 fully saturated rings. The van der Waals surface area contributed by atoms with Gasteiger partial charge in [-0.1, -0.05) is 0 Å². The molecule has 2 aromatic heterocycles. The summed E-state index contributed by atoms with van der Waals surface area (Å²) in [5.41, 5.74) is 7.25. The lowest BCUT2D eigenvalue weighted by Crippen LogP contribution is -2.20. The second-order valence-electron chi connectivity index (χ2n) is 4.31. The van der Waals surface area contributed by atoms with Crippen molar-refractivity contribution in [1.29, 1.82) is 5.26 Å². The van der Waals surface area contributed by atoms with E-state index >= 15 is 0 Å². The zero-order chi connectivity index (χ0) is 13.0. The van der Waals surface area contributed by atoms with Crippen molar-refractivity contribution in [3.05, 3.63) is 47.8 Å². The summed E-state index contributed by atoms with van der Waals surface area (Å²) in [6, 6.07) is 5.81. The maximum Gasteiger partial charge on any atom is 0.140 e. The number of rotatable bonds is 4. The molecule has 0 radical (unpaired) electrons. The molecule has 1 unspecified atom stereocenters. The van der Waals surface area contributed by atoms with Gasteiger partial charge in [0.2, 0.25) is 0 Å². The van der Waals surface area contributed by atoms with E-state index in [0.717, 1.165) is 17.8 Å². The maximum atomic E-state index is 8.81. The standard InChI is InChI=1S/C13H15N5/c1-10(15)6-13-17-4-5-18(13)9-11-2-3-16-12(7-11)8-14/h2-5,7,10H,6,9,15H2,1H3. The van der Waals surface area contributed by atoms with Crippen molar-refractivity contribution in [3.63, 3.8) is 0 Å². The Morgan fingerprint density at radius 2 is 2.28 bits per heavy atom. The fourth-order valence-electron chi connectivity index (χ4n) is 1.79. The molecule has 1 atom stereocenters. The van der Waals surface area contributed by atoms with Crippen LogP contribution < -0.4 is 5.73 Å². The van der Waals surface area contributed by atoms with Crippen molar-refractivity contribution in [3.8, 4) is 6.07 Å². The topological polar surface area (TPSA) is 80.5 Å². The van der Waals surface area contributed by atoms with E-state index in [1.165, 1.54) is 0 Å². The van der Waals surface area contributed by atoms with Gasteiger partial charge in [0.15, 0.2) is 0 Å². The monoisotopic (exact) mass is 241 g/mol. The normalized spacial score (nSPS) is 12.1. The van der Waals surface area contributed by atoms with Crippen LogP contribution in [0.25, 0.3) is 0 Å². The highest BCUT2D eigenvalue weighted by atomic mass is 15.1. The van der Waals surface area contributed by atoms with E-state index in [4.69, 9.17) is 11.0 Å². The minimum Gasteiger partial charge on any atom is -0.330 e. The van der Waals surface area contributed by atoms with Crippen molar-refractivity contribution >= 4 is 0 Å². The predicted octanol–water partition coefficient (Wildman–Crippen LogP) is 1.09. The smallest absolute Gasteiger partial charge is 0.140 e. The highest BCUT2D eigenvalue weighted by Gasteiger charge is 2.06. The molecule has 2 N–H and O–H groups in total. The molecule has 2 heterocycles. The summed E-state index contributed by atoms with van der Waals surface area (Å²) < 4.78 is 2.04. The molecule has 2 aromatic rings. The first-order chi connectivity index (χ1) is 8.69. The molecule has 92 valence electrons. The Bertz CT molecular complexity index is 565. The zero-order valence-corrected chi connectivity index (χ0v) is 10.2. The third-order valence-electron chi connectivity index (χ3n) is 2.60. The molecular weight excluding hydrogens is 226 g/mol. The second kappa shape index (κ2) is 5.43. The predicted molar refractivity (Wildman–Crippen MR) is 67.6 cm³/mol. The van der Waals surface area contributed by atoms with E-state index < -0.39 is 0 Å². The summed E-state index contributed by atoms with van der Waals surface area (Å²) >= 11 is 0. The van der Waals surface area contributed by atoms with Crippen LogP contribution in [-0.2, 0) is 13.0 Å². The van der Waals surface area contributed by atoms with Gasteiger partial charge in [0.1, 0.15) is 17.6 Å². The summed E-state index contributed by atoms with van der Waals surface area (Å²) in [5.74, 6) is 0.959. The quantitative estimate of drug-likeness (QED) is 0.868. The number of imidazole rings is 1. The van der Waals surface area contributed by atoms with E-state index in [2.05, 4.69) is 9.97 Å². The Balaban J connectivity index is 2.18. The molecule has 0 aliphatic carbocycles. The van der Waals surface area contributed by atoms with Crippen molar-refractivity contribution in [1.82, 2.24) is 14.5 Å². The number of nitrogens with zero attached hydrogens (tertiary/aromatic N) is 4. The summed E-state index contributed by atoms with van der Waals surface area (Å²) in [6.07, 6.45) is 6.08. The van der Waals surface area contributed by atoms with Crippen LogP contribution in [0.2, 0.25) is 0 Å². The van der Waals surface area contributed by atoms with Gasteiger partial charge < -0.3 is 10.3 Å². The van der Waals surface area contributed by atoms with Crippen molar-refractivity contribution < 1.29 is 0 Å². The molecule has 0 aliphatic rings. The molecule has 2 rings (SSSR count). The maximum absolute atomic E-state index is 8.81. The first-order valence-corrected chi connectivity index (χ1v) is 5.79. The minimum absolute atomic E-state index is 0.0817.